The summed E-state index contributed by atoms with van der Waals surface area (Å²) in [5.41, 5.74) is 15.7. The van der Waals surface area contributed by atoms with Gasteiger partial charge in [-0.15, -0.1) is 0 Å². The van der Waals surface area contributed by atoms with Crippen molar-refractivity contribution >= 4 is 6.08 Å². The first kappa shape index (κ1) is 68.0. The van der Waals surface area contributed by atoms with Crippen molar-refractivity contribution in [1.29, 1.82) is 0 Å². The van der Waals surface area contributed by atoms with Crippen molar-refractivity contribution < 1.29 is 64.9 Å². The fraction of sp³-hybridized carbons (Fsp3) is 0.406. The van der Waals surface area contributed by atoms with Crippen LogP contribution in [-0.4, -0.2) is 94.2 Å². The molecule has 0 aliphatic rings. The van der Waals surface area contributed by atoms with E-state index in [9.17, 15) is 30.6 Å². The van der Waals surface area contributed by atoms with Crippen molar-refractivity contribution in [1.82, 2.24) is 0 Å². The van der Waals surface area contributed by atoms with Crippen molar-refractivity contribution in [2.45, 2.75) is 128 Å². The van der Waals surface area contributed by atoms with Crippen LogP contribution in [0, 0.1) is 55.4 Å². The standard InChI is InChI=1S/C11H14O4.C11H16O3.2C11H16O.C10H14O3.C10H14O/c1-14-9-6-8(4-3-5-12)7-10(15-2)11(9)13;1-8-6-9(4-3-5-12)7-10(14-2)11(8)13;1-5-10-7(2)6-11(12)9(4)8(10)3;1-4-5-10-6-7-11(12)9(3)8(10)2;1-13-10-7-8(3-2-6-11)4-5-9(10)12;1-4-9-5-6-10(11)8(3)7(9)2/h3-4,6-7,12-13H,5H2,1-2H3;6-7,12-13H,3-5H2,1-2H3;6,12H,5H2,1-4H3;6-7,12H,4-5H2,1-3H3;4-5,7,11-12H,2-3,6H2,1H3;5-6,11H,4H2,1-3H3/b4-3+;;;;;. The van der Waals surface area contributed by atoms with Gasteiger partial charge in [0.2, 0.25) is 5.75 Å². The molecule has 0 aromatic heterocycles. The topological polar surface area (TPSA) is 219 Å². The Balaban J connectivity index is 0.000000463. The van der Waals surface area contributed by atoms with Crippen LogP contribution in [0.1, 0.15) is 118 Å². The van der Waals surface area contributed by atoms with Crippen molar-refractivity contribution in [2.75, 3.05) is 48.3 Å². The molecule has 13 nitrogen and oxygen atoms in total. The number of rotatable bonds is 16. The monoisotopic (exact) mass is 1070 g/mol. The van der Waals surface area contributed by atoms with Gasteiger partial charge in [-0.05, 0) is 227 Å². The fourth-order valence-corrected chi connectivity index (χ4v) is 8.07. The molecule has 77 heavy (non-hydrogen) atoms. The van der Waals surface area contributed by atoms with Gasteiger partial charge < -0.3 is 64.9 Å². The van der Waals surface area contributed by atoms with Gasteiger partial charge in [0, 0.05) is 13.2 Å². The molecule has 0 aliphatic carbocycles. The van der Waals surface area contributed by atoms with E-state index in [1.807, 2.05) is 71.9 Å². The highest BCUT2D eigenvalue weighted by Crippen LogP contribution is 2.37. The normalized spacial score (nSPS) is 10.3. The molecule has 6 rings (SSSR count). The number of aliphatic hydroxyl groups excluding tert-OH is 3. The molecule has 0 saturated carbocycles. The molecule has 0 heterocycles. The molecule has 0 spiro atoms. The van der Waals surface area contributed by atoms with Crippen LogP contribution in [0.5, 0.6) is 57.5 Å². The molecule has 0 aliphatic heterocycles. The lowest BCUT2D eigenvalue weighted by molar-refractivity contribution is 0.288. The van der Waals surface area contributed by atoms with Gasteiger partial charge >= 0.3 is 0 Å². The summed E-state index contributed by atoms with van der Waals surface area (Å²) in [5.74, 6) is 3.21. The number of hydrogen-bond donors (Lipinski definition) is 9. The number of aryl methyl sites for hydroxylation is 6. The lowest BCUT2D eigenvalue weighted by Crippen LogP contribution is -1.94. The summed E-state index contributed by atoms with van der Waals surface area (Å²) in [6.45, 7) is 22.7. The zero-order valence-electron chi connectivity index (χ0n) is 48.5. The maximum atomic E-state index is 9.62. The van der Waals surface area contributed by atoms with Crippen LogP contribution in [0.4, 0.5) is 0 Å². The summed E-state index contributed by atoms with van der Waals surface area (Å²) in [6, 6.07) is 21.6. The van der Waals surface area contributed by atoms with E-state index >= 15 is 0 Å². The van der Waals surface area contributed by atoms with Gasteiger partial charge in [-0.25, -0.2) is 0 Å². The third-order valence-electron chi connectivity index (χ3n) is 13.2. The number of phenolic OH excluding ortho intramolecular Hbond substituents is 6. The number of aromatic hydroxyl groups is 6. The molecule has 0 saturated heterocycles. The first-order valence-corrected chi connectivity index (χ1v) is 26.1. The summed E-state index contributed by atoms with van der Waals surface area (Å²) in [4.78, 5) is 0. The summed E-state index contributed by atoms with van der Waals surface area (Å²) in [6.07, 6.45) is 10.7. The van der Waals surface area contributed by atoms with Gasteiger partial charge in [-0.1, -0.05) is 63.6 Å². The van der Waals surface area contributed by atoms with Gasteiger partial charge in [0.25, 0.3) is 0 Å². The third kappa shape index (κ3) is 21.8. The first-order valence-electron chi connectivity index (χ1n) is 26.1. The molecule has 0 unspecified atom stereocenters. The largest absolute Gasteiger partial charge is 0.508 e. The number of aliphatic hydroxyl groups is 3. The Hall–Kier alpha value is -7.06. The second-order valence-electron chi connectivity index (χ2n) is 18.4. The molecule has 13 heteroatoms. The Kier molecular flexibility index (Phi) is 31.8. The Morgan fingerprint density at radius 2 is 0.883 bits per heavy atom. The molecule has 9 N–H and O–H groups in total. The van der Waals surface area contributed by atoms with Crippen LogP contribution < -0.4 is 18.9 Å². The molecule has 0 atom stereocenters. The molecular formula is C64H90O13. The second kappa shape index (κ2) is 36.1. The van der Waals surface area contributed by atoms with E-state index in [4.69, 9.17) is 34.3 Å². The van der Waals surface area contributed by atoms with Gasteiger partial charge in [0.15, 0.2) is 34.5 Å². The van der Waals surface area contributed by atoms with Gasteiger partial charge in [-0.2, -0.15) is 0 Å². The van der Waals surface area contributed by atoms with Gasteiger partial charge in [0.05, 0.1) is 35.0 Å². The smallest absolute Gasteiger partial charge is 0.200 e. The van der Waals surface area contributed by atoms with E-state index in [1.165, 1.54) is 67.4 Å². The van der Waals surface area contributed by atoms with Crippen molar-refractivity contribution in [3.63, 3.8) is 0 Å². The van der Waals surface area contributed by atoms with Crippen molar-refractivity contribution in [2.24, 2.45) is 0 Å². The summed E-state index contributed by atoms with van der Waals surface area (Å²) < 4.78 is 20.0. The Morgan fingerprint density at radius 1 is 0.416 bits per heavy atom. The highest BCUT2D eigenvalue weighted by atomic mass is 16.5. The highest BCUT2D eigenvalue weighted by Gasteiger charge is 2.11. The SMILES string of the molecule is CCCc1ccc(O)c(C)c1C.CCc1c(C)cc(O)c(C)c1C.CCc1ccc(O)c(C)c1C.COc1cc(/C=C/CO)cc(OC)c1O.COc1cc(CCCO)cc(C)c1O.COc1cc(CCCO)ccc1O. The van der Waals surface area contributed by atoms with E-state index in [2.05, 4.69) is 34.6 Å². The zero-order valence-corrected chi connectivity index (χ0v) is 48.5. The van der Waals surface area contributed by atoms with E-state index in [0.717, 1.165) is 90.3 Å². The number of benzene rings is 6. The lowest BCUT2D eigenvalue weighted by atomic mass is 9.96. The van der Waals surface area contributed by atoms with Crippen LogP contribution >= 0.6 is 0 Å². The average Bonchev–Trinajstić information content (AvgIpc) is 3.42. The lowest BCUT2D eigenvalue weighted by Gasteiger charge is -2.11. The van der Waals surface area contributed by atoms with Crippen molar-refractivity contribution in [3.8, 4) is 57.5 Å². The van der Waals surface area contributed by atoms with E-state index in [1.54, 1.807) is 54.6 Å². The Bertz CT molecular complexity index is 2720. The molecule has 424 valence electrons. The summed E-state index contributed by atoms with van der Waals surface area (Å²) in [7, 11) is 5.98. The van der Waals surface area contributed by atoms with Gasteiger partial charge in [-0.3, -0.25) is 0 Å². The molecular weight excluding hydrogens is 977 g/mol. The number of methoxy groups -OCH3 is 4. The predicted octanol–water partition coefficient (Wildman–Crippen LogP) is 12.8. The van der Waals surface area contributed by atoms with Crippen LogP contribution in [-0.2, 0) is 32.1 Å². The third-order valence-corrected chi connectivity index (χ3v) is 13.2. The molecule has 0 fully saturated rings. The molecule has 0 radical (unpaired) electrons. The van der Waals surface area contributed by atoms with Crippen LogP contribution in [0.2, 0.25) is 0 Å². The number of ether oxygens (including phenoxy) is 4. The Labute approximate surface area is 459 Å². The molecule has 0 bridgehead atoms. The van der Waals surface area contributed by atoms with Crippen LogP contribution in [0.3, 0.4) is 0 Å². The number of hydrogen-bond acceptors (Lipinski definition) is 13. The number of phenols is 6. The molecule has 6 aromatic carbocycles. The quantitative estimate of drug-likeness (QED) is 0.0441. The minimum Gasteiger partial charge on any atom is -0.508 e. The molecule has 6 aromatic rings. The minimum atomic E-state index is -0.0362. The minimum absolute atomic E-state index is 0.0267. The van der Waals surface area contributed by atoms with Crippen LogP contribution in [0.25, 0.3) is 6.08 Å². The first-order chi connectivity index (χ1) is 36.6. The average molecular weight is 1070 g/mol. The summed E-state index contributed by atoms with van der Waals surface area (Å²) in [5, 5.41) is 82.6. The van der Waals surface area contributed by atoms with E-state index < -0.39 is 0 Å². The molecule has 0 amide bonds. The Morgan fingerprint density at radius 3 is 1.36 bits per heavy atom. The van der Waals surface area contributed by atoms with E-state index in [0.29, 0.717) is 40.2 Å². The second-order valence-corrected chi connectivity index (χ2v) is 18.4. The maximum Gasteiger partial charge on any atom is 0.200 e. The van der Waals surface area contributed by atoms with E-state index in [-0.39, 0.29) is 37.1 Å². The summed E-state index contributed by atoms with van der Waals surface area (Å²) >= 11 is 0. The predicted molar refractivity (Wildman–Crippen MR) is 312 cm³/mol. The van der Waals surface area contributed by atoms with Gasteiger partial charge in [0.1, 0.15) is 17.2 Å². The van der Waals surface area contributed by atoms with Crippen molar-refractivity contribution in [3.05, 3.63) is 157 Å². The maximum absolute atomic E-state index is 9.62. The fourth-order valence-electron chi connectivity index (χ4n) is 8.07. The van der Waals surface area contributed by atoms with Crippen LogP contribution in [0.15, 0.2) is 78.9 Å². The zero-order chi connectivity index (χ0) is 58.4. The highest BCUT2D eigenvalue weighted by molar-refractivity contribution is 5.61.